The van der Waals surface area contributed by atoms with E-state index >= 15 is 0 Å². The number of morpholine rings is 1. The number of rotatable bonds is 4. The Labute approximate surface area is 175 Å². The van der Waals surface area contributed by atoms with Gasteiger partial charge < -0.3 is 9.64 Å². The first-order valence-electron chi connectivity index (χ1n) is 9.01. The summed E-state index contributed by atoms with van der Waals surface area (Å²) < 4.78 is 5.32. The van der Waals surface area contributed by atoms with E-state index in [9.17, 15) is 9.59 Å². The average molecular weight is 430 g/mol. The number of hydrazine groups is 1. The molecule has 1 saturated heterocycles. The molecule has 150 valence electrons. The van der Waals surface area contributed by atoms with Crippen LogP contribution in [0.25, 0.3) is 10.6 Å². The monoisotopic (exact) mass is 429 g/mol. The second-order valence-corrected chi connectivity index (χ2v) is 8.12. The van der Waals surface area contributed by atoms with Crippen molar-refractivity contribution in [2.75, 3.05) is 31.2 Å². The van der Waals surface area contributed by atoms with E-state index in [4.69, 9.17) is 4.74 Å². The van der Waals surface area contributed by atoms with Crippen LogP contribution in [0.3, 0.4) is 0 Å². The highest BCUT2D eigenvalue weighted by Crippen LogP contribution is 2.24. The molecular weight excluding hydrogens is 410 g/mol. The predicted molar refractivity (Wildman–Crippen MR) is 112 cm³/mol. The fourth-order valence-corrected chi connectivity index (χ4v) is 4.38. The predicted octanol–water partition coefficient (Wildman–Crippen LogP) is 2.49. The van der Waals surface area contributed by atoms with Crippen molar-refractivity contribution in [3.8, 4) is 10.6 Å². The van der Waals surface area contributed by atoms with Gasteiger partial charge in [0.1, 0.15) is 16.4 Å². The molecular formula is C19H19N5O3S2. The van der Waals surface area contributed by atoms with Crippen LogP contribution in [0.2, 0.25) is 0 Å². The SMILES string of the molecule is Cc1ccc(-c2nc(C(=O)NNC(=O)c3csc(N4CCOCC4)n3)cs2)cc1. The number of amides is 2. The molecule has 1 aromatic carbocycles. The Bertz CT molecular complexity index is 1010. The lowest BCUT2D eigenvalue weighted by Gasteiger charge is -2.25. The first-order chi connectivity index (χ1) is 14.1. The second kappa shape index (κ2) is 8.68. The summed E-state index contributed by atoms with van der Waals surface area (Å²) in [6.07, 6.45) is 0. The van der Waals surface area contributed by atoms with Crippen molar-refractivity contribution in [2.24, 2.45) is 0 Å². The molecule has 0 unspecified atom stereocenters. The zero-order chi connectivity index (χ0) is 20.2. The van der Waals surface area contributed by atoms with Gasteiger partial charge in [-0.05, 0) is 6.92 Å². The number of carbonyl (C=O) groups excluding carboxylic acids is 2. The maximum absolute atomic E-state index is 12.3. The number of aryl methyl sites for hydroxylation is 1. The van der Waals surface area contributed by atoms with Crippen LogP contribution in [0.5, 0.6) is 0 Å². The quantitative estimate of drug-likeness (QED) is 0.619. The fourth-order valence-electron chi connectivity index (χ4n) is 2.72. The zero-order valence-electron chi connectivity index (χ0n) is 15.7. The smallest absolute Gasteiger partial charge is 0.289 e. The maximum atomic E-state index is 12.3. The minimum absolute atomic E-state index is 0.248. The molecule has 0 atom stereocenters. The number of nitrogens with one attached hydrogen (secondary N) is 2. The van der Waals surface area contributed by atoms with E-state index < -0.39 is 11.8 Å². The van der Waals surface area contributed by atoms with E-state index in [0.29, 0.717) is 13.2 Å². The number of hydrogen-bond donors (Lipinski definition) is 2. The molecule has 3 heterocycles. The number of carbonyl (C=O) groups is 2. The number of aromatic nitrogens is 2. The number of hydrogen-bond acceptors (Lipinski definition) is 8. The molecule has 8 nitrogen and oxygen atoms in total. The van der Waals surface area contributed by atoms with Gasteiger partial charge in [0, 0.05) is 29.4 Å². The fraction of sp³-hybridized carbons (Fsp3) is 0.263. The molecule has 0 aliphatic carbocycles. The molecule has 1 fully saturated rings. The van der Waals surface area contributed by atoms with Gasteiger partial charge in [0.05, 0.1) is 13.2 Å². The van der Waals surface area contributed by atoms with E-state index in [1.165, 1.54) is 22.7 Å². The normalized spacial score (nSPS) is 13.9. The third-order valence-electron chi connectivity index (χ3n) is 4.33. The van der Waals surface area contributed by atoms with Crippen molar-refractivity contribution in [3.63, 3.8) is 0 Å². The number of benzene rings is 1. The van der Waals surface area contributed by atoms with Gasteiger partial charge in [-0.15, -0.1) is 22.7 Å². The third-order valence-corrected chi connectivity index (χ3v) is 6.12. The highest BCUT2D eigenvalue weighted by atomic mass is 32.1. The molecule has 0 bridgehead atoms. The first kappa shape index (κ1) is 19.5. The molecule has 2 aromatic heterocycles. The minimum Gasteiger partial charge on any atom is -0.378 e. The molecule has 0 radical (unpaired) electrons. The van der Waals surface area contributed by atoms with Gasteiger partial charge in [-0.1, -0.05) is 29.8 Å². The topological polar surface area (TPSA) is 96.5 Å². The molecule has 0 saturated carbocycles. The summed E-state index contributed by atoms with van der Waals surface area (Å²) in [6, 6.07) is 7.92. The van der Waals surface area contributed by atoms with Crippen LogP contribution in [0.4, 0.5) is 5.13 Å². The highest BCUT2D eigenvalue weighted by Gasteiger charge is 2.18. The highest BCUT2D eigenvalue weighted by molar-refractivity contribution is 7.14. The van der Waals surface area contributed by atoms with E-state index in [1.807, 2.05) is 31.2 Å². The summed E-state index contributed by atoms with van der Waals surface area (Å²) in [6.45, 7) is 4.81. The van der Waals surface area contributed by atoms with Crippen molar-refractivity contribution in [1.82, 2.24) is 20.8 Å². The van der Waals surface area contributed by atoms with E-state index in [-0.39, 0.29) is 11.4 Å². The van der Waals surface area contributed by atoms with Crippen LogP contribution in [-0.4, -0.2) is 48.1 Å². The van der Waals surface area contributed by atoms with Crippen LogP contribution in [0.1, 0.15) is 26.5 Å². The van der Waals surface area contributed by atoms with Crippen molar-refractivity contribution < 1.29 is 14.3 Å². The third kappa shape index (κ3) is 4.61. The molecule has 1 aliphatic rings. The van der Waals surface area contributed by atoms with Crippen molar-refractivity contribution in [3.05, 3.63) is 52.0 Å². The minimum atomic E-state index is -0.475. The average Bonchev–Trinajstić information content (AvgIpc) is 3.43. The Hall–Kier alpha value is -2.82. The molecule has 2 N–H and O–H groups in total. The molecule has 3 aromatic rings. The molecule has 2 amide bonds. The first-order valence-corrected chi connectivity index (χ1v) is 10.8. The largest absolute Gasteiger partial charge is 0.378 e. The van der Waals surface area contributed by atoms with Gasteiger partial charge in [-0.25, -0.2) is 9.97 Å². The van der Waals surface area contributed by atoms with Gasteiger partial charge >= 0.3 is 0 Å². The van der Waals surface area contributed by atoms with Crippen molar-refractivity contribution in [1.29, 1.82) is 0 Å². The number of ether oxygens (including phenoxy) is 1. The standard InChI is InChI=1S/C19H19N5O3S2/c1-12-2-4-13(5-3-12)18-20-14(10-28-18)16(25)22-23-17(26)15-11-29-19(21-15)24-6-8-27-9-7-24/h2-5,10-11H,6-9H2,1H3,(H,22,25)(H,23,26). The van der Waals surface area contributed by atoms with Crippen LogP contribution in [0.15, 0.2) is 35.0 Å². The van der Waals surface area contributed by atoms with Gasteiger partial charge in [0.25, 0.3) is 11.8 Å². The van der Waals surface area contributed by atoms with Gasteiger partial charge in [-0.3, -0.25) is 20.4 Å². The van der Waals surface area contributed by atoms with Crippen LogP contribution in [-0.2, 0) is 4.74 Å². The molecule has 29 heavy (non-hydrogen) atoms. The lowest BCUT2D eigenvalue weighted by Crippen LogP contribution is -2.42. The number of nitrogens with zero attached hydrogens (tertiary/aromatic N) is 3. The Kier molecular flexibility index (Phi) is 5.84. The lowest BCUT2D eigenvalue weighted by atomic mass is 10.2. The van der Waals surface area contributed by atoms with Crippen LogP contribution >= 0.6 is 22.7 Å². The Balaban J connectivity index is 1.34. The van der Waals surface area contributed by atoms with Gasteiger partial charge in [0.2, 0.25) is 0 Å². The molecule has 4 rings (SSSR count). The summed E-state index contributed by atoms with van der Waals surface area (Å²) in [5.41, 5.74) is 7.40. The Morgan fingerprint density at radius 2 is 1.59 bits per heavy atom. The van der Waals surface area contributed by atoms with E-state index in [0.717, 1.165) is 34.4 Å². The summed E-state index contributed by atoms with van der Waals surface area (Å²) >= 11 is 2.77. The molecule has 10 heteroatoms. The summed E-state index contributed by atoms with van der Waals surface area (Å²) in [5, 5.41) is 4.85. The number of anilines is 1. The van der Waals surface area contributed by atoms with E-state index in [2.05, 4.69) is 25.7 Å². The Morgan fingerprint density at radius 3 is 2.28 bits per heavy atom. The van der Waals surface area contributed by atoms with Gasteiger partial charge in [-0.2, -0.15) is 0 Å². The van der Waals surface area contributed by atoms with Crippen molar-refractivity contribution >= 4 is 39.6 Å². The lowest BCUT2D eigenvalue weighted by molar-refractivity contribution is 0.0842. The zero-order valence-corrected chi connectivity index (χ0v) is 17.3. The molecule has 0 spiro atoms. The van der Waals surface area contributed by atoms with Gasteiger partial charge in [0.15, 0.2) is 5.13 Å². The summed E-state index contributed by atoms with van der Waals surface area (Å²) in [7, 11) is 0. The van der Waals surface area contributed by atoms with E-state index in [1.54, 1.807) is 10.8 Å². The maximum Gasteiger partial charge on any atom is 0.289 e. The van der Waals surface area contributed by atoms with Crippen molar-refractivity contribution in [2.45, 2.75) is 6.92 Å². The van der Waals surface area contributed by atoms with Crippen LogP contribution in [0, 0.1) is 6.92 Å². The van der Waals surface area contributed by atoms with Crippen LogP contribution < -0.4 is 15.8 Å². The Morgan fingerprint density at radius 1 is 0.966 bits per heavy atom. The summed E-state index contributed by atoms with van der Waals surface area (Å²) in [5.74, 6) is -0.945. The molecule has 1 aliphatic heterocycles. The number of thiazole rings is 2. The summed E-state index contributed by atoms with van der Waals surface area (Å²) in [4.78, 5) is 35.4. The second-order valence-electron chi connectivity index (χ2n) is 6.43.